The molecule has 1 spiro atoms. The van der Waals surface area contributed by atoms with E-state index in [-0.39, 0.29) is 17.4 Å². The highest BCUT2D eigenvalue weighted by Gasteiger charge is 2.42. The van der Waals surface area contributed by atoms with Crippen molar-refractivity contribution in [3.05, 3.63) is 0 Å². The van der Waals surface area contributed by atoms with Gasteiger partial charge >= 0.3 is 0 Å². The molecule has 3 fully saturated rings. The van der Waals surface area contributed by atoms with Gasteiger partial charge in [-0.15, -0.1) is 0 Å². The van der Waals surface area contributed by atoms with Crippen molar-refractivity contribution in [2.75, 3.05) is 46.0 Å². The Bertz CT molecular complexity index is 650. The Hall–Kier alpha value is -1.35. The van der Waals surface area contributed by atoms with Gasteiger partial charge in [0.15, 0.2) is 5.96 Å². The first kappa shape index (κ1) is 18.4. The maximum absolute atomic E-state index is 11.9. The molecule has 25 heavy (non-hydrogen) atoms. The lowest BCUT2D eigenvalue weighted by Gasteiger charge is -2.41. The van der Waals surface area contributed by atoms with Gasteiger partial charge in [0.05, 0.1) is 6.26 Å². The fourth-order valence-corrected chi connectivity index (χ4v) is 5.60. The molecule has 142 valence electrons. The van der Waals surface area contributed by atoms with Crippen molar-refractivity contribution in [2.45, 2.75) is 38.1 Å². The number of hydrogen-bond donors (Lipinski definition) is 2. The van der Waals surface area contributed by atoms with E-state index in [0.29, 0.717) is 19.5 Å². The number of piperidine rings is 1. The molecule has 3 heterocycles. The summed E-state index contributed by atoms with van der Waals surface area (Å²) in [6.07, 6.45) is 5.74. The molecule has 0 aromatic heterocycles. The highest BCUT2D eigenvalue weighted by atomic mass is 32.2. The van der Waals surface area contributed by atoms with Crippen LogP contribution in [0.5, 0.6) is 0 Å². The second-order valence-corrected chi connectivity index (χ2v) is 9.51. The van der Waals surface area contributed by atoms with Gasteiger partial charge in [-0.25, -0.2) is 8.42 Å². The molecule has 1 unspecified atom stereocenters. The lowest BCUT2D eigenvalue weighted by Crippen LogP contribution is -2.53. The van der Waals surface area contributed by atoms with E-state index in [1.807, 2.05) is 0 Å². The Balaban J connectivity index is 1.60. The molecule has 3 rings (SSSR count). The molecular weight excluding hydrogens is 342 g/mol. The summed E-state index contributed by atoms with van der Waals surface area (Å²) in [5.74, 6) is 0.943. The summed E-state index contributed by atoms with van der Waals surface area (Å²) in [7, 11) is -1.41. The molecule has 8 nitrogen and oxygen atoms in total. The molecule has 2 N–H and O–H groups in total. The van der Waals surface area contributed by atoms with E-state index in [0.717, 1.165) is 51.3 Å². The van der Waals surface area contributed by atoms with E-state index in [1.54, 1.807) is 11.4 Å². The second kappa shape index (κ2) is 7.11. The third-order valence-electron chi connectivity index (χ3n) is 5.61. The first-order chi connectivity index (χ1) is 11.8. The summed E-state index contributed by atoms with van der Waals surface area (Å²) < 4.78 is 25.3. The number of guanidine groups is 1. The summed E-state index contributed by atoms with van der Waals surface area (Å²) in [6.45, 7) is 3.64. The van der Waals surface area contributed by atoms with Gasteiger partial charge in [0, 0.05) is 57.6 Å². The predicted octanol–water partition coefficient (Wildman–Crippen LogP) is -0.412. The predicted molar refractivity (Wildman–Crippen MR) is 96.8 cm³/mol. The van der Waals surface area contributed by atoms with E-state index in [4.69, 9.17) is 0 Å². The van der Waals surface area contributed by atoms with Crippen LogP contribution >= 0.6 is 0 Å². The normalized spacial score (nSPS) is 31.6. The fourth-order valence-electron chi connectivity index (χ4n) is 4.42. The minimum Gasteiger partial charge on any atom is -0.355 e. The average molecular weight is 372 g/mol. The molecular formula is C16H29N5O3S. The van der Waals surface area contributed by atoms with E-state index in [2.05, 4.69) is 20.5 Å². The molecule has 0 saturated carbocycles. The van der Waals surface area contributed by atoms with Crippen LogP contribution in [0, 0.1) is 5.41 Å². The van der Waals surface area contributed by atoms with Gasteiger partial charge in [0.1, 0.15) is 0 Å². The monoisotopic (exact) mass is 371 g/mol. The van der Waals surface area contributed by atoms with Crippen LogP contribution in [0.25, 0.3) is 0 Å². The average Bonchev–Trinajstić information content (AvgIpc) is 3.15. The summed E-state index contributed by atoms with van der Waals surface area (Å²) in [5.41, 5.74) is 0.0130. The van der Waals surface area contributed by atoms with Gasteiger partial charge in [-0.05, 0) is 25.7 Å². The van der Waals surface area contributed by atoms with Gasteiger partial charge in [-0.3, -0.25) is 9.79 Å². The van der Waals surface area contributed by atoms with Gasteiger partial charge in [0.2, 0.25) is 15.9 Å². The molecule has 9 heteroatoms. The zero-order valence-electron chi connectivity index (χ0n) is 15.1. The number of likely N-dealkylation sites (tertiary alicyclic amines) is 1. The van der Waals surface area contributed by atoms with Crippen molar-refractivity contribution in [2.24, 2.45) is 10.4 Å². The molecule has 0 radical (unpaired) electrons. The van der Waals surface area contributed by atoms with Gasteiger partial charge in [-0.2, -0.15) is 4.31 Å². The van der Waals surface area contributed by atoms with Crippen molar-refractivity contribution in [3.63, 3.8) is 0 Å². The van der Waals surface area contributed by atoms with Gasteiger partial charge < -0.3 is 15.5 Å². The largest absolute Gasteiger partial charge is 0.355 e. The number of nitrogens with zero attached hydrogens (tertiary/aromatic N) is 3. The van der Waals surface area contributed by atoms with E-state index in [1.165, 1.54) is 6.26 Å². The van der Waals surface area contributed by atoms with Crippen LogP contribution in [0.1, 0.15) is 32.1 Å². The van der Waals surface area contributed by atoms with Gasteiger partial charge in [0.25, 0.3) is 0 Å². The Kier molecular flexibility index (Phi) is 5.24. The molecule has 0 bridgehead atoms. The van der Waals surface area contributed by atoms with E-state index in [9.17, 15) is 13.2 Å². The van der Waals surface area contributed by atoms with Crippen LogP contribution < -0.4 is 10.6 Å². The minimum absolute atomic E-state index is 0.0130. The number of amides is 1. The maximum atomic E-state index is 11.9. The topological polar surface area (TPSA) is 94.1 Å². The summed E-state index contributed by atoms with van der Waals surface area (Å²) in [6, 6.07) is -0.0137. The van der Waals surface area contributed by atoms with Crippen molar-refractivity contribution in [1.29, 1.82) is 0 Å². The van der Waals surface area contributed by atoms with E-state index < -0.39 is 10.0 Å². The number of rotatable bonds is 3. The van der Waals surface area contributed by atoms with Crippen LogP contribution in [-0.2, 0) is 14.8 Å². The molecule has 1 amide bonds. The highest BCUT2D eigenvalue weighted by molar-refractivity contribution is 7.88. The standard InChI is InChI=1S/C16H29N5O3S/c1-17-15(18-10-13-5-3-8-21(13)25(2,23)24)20-7-4-6-16(12-20)9-14(22)19-11-16/h13H,3-12H2,1-2H3,(H,17,18)(H,19,22)/t13-,16?/m1/s1. The van der Waals surface area contributed by atoms with Crippen molar-refractivity contribution in [3.8, 4) is 0 Å². The third-order valence-corrected chi connectivity index (χ3v) is 6.95. The van der Waals surface area contributed by atoms with Crippen LogP contribution in [-0.4, -0.2) is 81.6 Å². The first-order valence-electron chi connectivity index (χ1n) is 9.02. The van der Waals surface area contributed by atoms with Crippen LogP contribution in [0.2, 0.25) is 0 Å². The number of nitrogens with one attached hydrogen (secondary N) is 2. The van der Waals surface area contributed by atoms with E-state index >= 15 is 0 Å². The van der Waals surface area contributed by atoms with Crippen molar-refractivity contribution < 1.29 is 13.2 Å². The number of carbonyl (C=O) groups excluding carboxylic acids is 1. The van der Waals surface area contributed by atoms with Crippen molar-refractivity contribution >= 4 is 21.9 Å². The van der Waals surface area contributed by atoms with Crippen LogP contribution in [0.15, 0.2) is 4.99 Å². The Morgan fingerprint density at radius 2 is 2.20 bits per heavy atom. The highest BCUT2D eigenvalue weighted by Crippen LogP contribution is 2.36. The summed E-state index contributed by atoms with van der Waals surface area (Å²) in [4.78, 5) is 18.3. The molecule has 0 aromatic carbocycles. The number of carbonyl (C=O) groups is 1. The quantitative estimate of drug-likeness (QED) is 0.519. The minimum atomic E-state index is -3.16. The van der Waals surface area contributed by atoms with Gasteiger partial charge in [-0.1, -0.05) is 0 Å². The second-order valence-electron chi connectivity index (χ2n) is 7.58. The lowest BCUT2D eigenvalue weighted by molar-refractivity contribution is -0.119. The fraction of sp³-hybridized carbons (Fsp3) is 0.875. The Morgan fingerprint density at radius 3 is 2.84 bits per heavy atom. The SMILES string of the molecule is CN=C(NC[C@H]1CCCN1S(C)(=O)=O)N1CCCC2(CNC(=O)C2)C1. The molecule has 3 aliphatic heterocycles. The first-order valence-corrected chi connectivity index (χ1v) is 10.9. The summed E-state index contributed by atoms with van der Waals surface area (Å²) >= 11 is 0. The maximum Gasteiger partial charge on any atom is 0.220 e. The summed E-state index contributed by atoms with van der Waals surface area (Å²) in [5, 5.41) is 6.32. The number of sulfonamides is 1. The lowest BCUT2D eigenvalue weighted by atomic mass is 9.79. The molecule has 3 aliphatic rings. The molecule has 0 aromatic rings. The third kappa shape index (κ3) is 4.08. The Labute approximate surface area is 150 Å². The Morgan fingerprint density at radius 1 is 1.40 bits per heavy atom. The van der Waals surface area contributed by atoms with Crippen molar-refractivity contribution in [1.82, 2.24) is 19.8 Å². The zero-order valence-corrected chi connectivity index (χ0v) is 15.9. The smallest absolute Gasteiger partial charge is 0.220 e. The number of hydrogen-bond acceptors (Lipinski definition) is 4. The molecule has 3 saturated heterocycles. The molecule has 0 aliphatic carbocycles. The van der Waals surface area contributed by atoms with Crippen LogP contribution in [0.4, 0.5) is 0 Å². The zero-order chi connectivity index (χ0) is 18.1. The number of aliphatic imine (C=N–C) groups is 1. The van der Waals surface area contributed by atoms with Crippen LogP contribution in [0.3, 0.4) is 0 Å². The molecule has 2 atom stereocenters.